The first-order chi connectivity index (χ1) is 6.36. The highest BCUT2D eigenvalue weighted by Crippen LogP contribution is 2.59. The Hall–Kier alpha value is -0.0400. The first-order valence-electron chi connectivity index (χ1n) is 6.12. The van der Waals surface area contributed by atoms with Gasteiger partial charge in [-0.25, -0.2) is 0 Å². The van der Waals surface area contributed by atoms with E-state index in [-0.39, 0.29) is 0 Å². The number of fused-ring (bicyclic) bond motifs is 1. The van der Waals surface area contributed by atoms with Crippen molar-refractivity contribution in [1.29, 1.82) is 0 Å². The molecule has 3 fully saturated rings. The van der Waals surface area contributed by atoms with Crippen molar-refractivity contribution in [3.63, 3.8) is 0 Å². The van der Waals surface area contributed by atoms with Crippen LogP contribution in [0.25, 0.3) is 0 Å². The molecule has 0 bridgehead atoms. The van der Waals surface area contributed by atoms with E-state index in [0.717, 1.165) is 23.7 Å². The third-order valence-corrected chi connectivity index (χ3v) is 4.57. The highest BCUT2D eigenvalue weighted by Gasteiger charge is 2.54. The molecule has 0 heterocycles. The molecule has 1 heteroatoms. The van der Waals surface area contributed by atoms with Gasteiger partial charge in [0.15, 0.2) is 0 Å². The number of rotatable bonds is 4. The van der Waals surface area contributed by atoms with E-state index in [0.29, 0.717) is 6.04 Å². The third kappa shape index (κ3) is 1.52. The van der Waals surface area contributed by atoms with E-state index < -0.39 is 0 Å². The highest BCUT2D eigenvalue weighted by molar-refractivity contribution is 5.05. The molecule has 3 rings (SSSR count). The summed E-state index contributed by atoms with van der Waals surface area (Å²) in [6.07, 6.45) is 10.2. The lowest BCUT2D eigenvalue weighted by atomic mass is 9.99. The number of hydrogen-bond acceptors (Lipinski definition) is 1. The molecule has 0 aromatic carbocycles. The van der Waals surface area contributed by atoms with Gasteiger partial charge in [-0.2, -0.15) is 0 Å². The van der Waals surface area contributed by atoms with Crippen molar-refractivity contribution < 1.29 is 0 Å². The van der Waals surface area contributed by atoms with Crippen LogP contribution in [0.15, 0.2) is 0 Å². The van der Waals surface area contributed by atoms with Crippen LogP contribution < -0.4 is 5.73 Å². The lowest BCUT2D eigenvalue weighted by molar-refractivity contribution is 0.442. The van der Waals surface area contributed by atoms with Crippen LogP contribution in [0, 0.1) is 23.7 Å². The smallest absolute Gasteiger partial charge is 0.00727 e. The minimum atomic E-state index is 0.566. The van der Waals surface area contributed by atoms with Gasteiger partial charge < -0.3 is 5.73 Å². The van der Waals surface area contributed by atoms with Crippen molar-refractivity contribution in [2.45, 2.75) is 51.0 Å². The lowest BCUT2D eigenvalue weighted by Gasteiger charge is -2.12. The Morgan fingerprint density at radius 2 is 1.77 bits per heavy atom. The Morgan fingerprint density at radius 3 is 2.38 bits per heavy atom. The van der Waals surface area contributed by atoms with Gasteiger partial charge in [0.1, 0.15) is 0 Å². The van der Waals surface area contributed by atoms with Gasteiger partial charge in [0, 0.05) is 6.04 Å². The summed E-state index contributed by atoms with van der Waals surface area (Å²) in [6, 6.07) is 0.566. The molecule has 0 aliphatic heterocycles. The third-order valence-electron chi connectivity index (χ3n) is 4.57. The Bertz CT molecular complexity index is 187. The van der Waals surface area contributed by atoms with Gasteiger partial charge in [-0.05, 0) is 49.4 Å². The van der Waals surface area contributed by atoms with Crippen molar-refractivity contribution in [3.05, 3.63) is 0 Å². The molecular formula is C12H21N. The normalized spacial score (nSPS) is 44.5. The second-order valence-electron chi connectivity index (χ2n) is 5.52. The van der Waals surface area contributed by atoms with Crippen molar-refractivity contribution in [2.75, 3.05) is 0 Å². The largest absolute Gasteiger partial charge is 0.327 e. The van der Waals surface area contributed by atoms with Gasteiger partial charge in [-0.15, -0.1) is 0 Å². The van der Waals surface area contributed by atoms with Crippen molar-refractivity contribution in [1.82, 2.24) is 0 Å². The minimum Gasteiger partial charge on any atom is -0.327 e. The molecule has 0 aromatic rings. The van der Waals surface area contributed by atoms with Crippen molar-refractivity contribution in [3.8, 4) is 0 Å². The van der Waals surface area contributed by atoms with Gasteiger partial charge in [-0.1, -0.05) is 19.3 Å². The maximum absolute atomic E-state index is 6.25. The van der Waals surface area contributed by atoms with E-state index in [2.05, 4.69) is 0 Å². The average Bonchev–Trinajstić information content (AvgIpc) is 3.03. The minimum absolute atomic E-state index is 0.566. The zero-order valence-corrected chi connectivity index (χ0v) is 8.41. The quantitative estimate of drug-likeness (QED) is 0.705. The molecule has 2 N–H and O–H groups in total. The molecule has 0 amide bonds. The van der Waals surface area contributed by atoms with Gasteiger partial charge in [-0.3, -0.25) is 0 Å². The van der Waals surface area contributed by atoms with E-state index in [9.17, 15) is 0 Å². The summed E-state index contributed by atoms with van der Waals surface area (Å²) in [5, 5.41) is 0. The van der Waals surface area contributed by atoms with Crippen LogP contribution in [-0.4, -0.2) is 6.04 Å². The molecule has 3 atom stereocenters. The summed E-state index contributed by atoms with van der Waals surface area (Å²) in [4.78, 5) is 0. The van der Waals surface area contributed by atoms with E-state index in [4.69, 9.17) is 5.73 Å². The fourth-order valence-electron chi connectivity index (χ4n) is 3.54. The van der Waals surface area contributed by atoms with E-state index >= 15 is 0 Å². The number of nitrogens with two attached hydrogens (primary N) is 1. The zero-order chi connectivity index (χ0) is 8.84. The summed E-state index contributed by atoms with van der Waals surface area (Å²) in [6.45, 7) is 0. The summed E-state index contributed by atoms with van der Waals surface area (Å²) in [7, 11) is 0. The van der Waals surface area contributed by atoms with Crippen LogP contribution in [0.2, 0.25) is 0 Å². The Kier molecular flexibility index (Phi) is 1.90. The van der Waals surface area contributed by atoms with Crippen LogP contribution in [0.1, 0.15) is 44.9 Å². The fourth-order valence-corrected chi connectivity index (χ4v) is 3.54. The van der Waals surface area contributed by atoms with Gasteiger partial charge >= 0.3 is 0 Å². The fraction of sp³-hybridized carbons (Fsp3) is 1.00. The lowest BCUT2D eigenvalue weighted by Crippen LogP contribution is -2.24. The first kappa shape index (κ1) is 8.28. The monoisotopic (exact) mass is 179 g/mol. The summed E-state index contributed by atoms with van der Waals surface area (Å²) in [5.74, 6) is 4.15. The molecule has 0 saturated heterocycles. The predicted octanol–water partition coefficient (Wildman–Crippen LogP) is 2.55. The molecule has 0 spiro atoms. The van der Waals surface area contributed by atoms with Crippen molar-refractivity contribution >= 4 is 0 Å². The molecule has 3 aliphatic carbocycles. The highest BCUT2D eigenvalue weighted by atomic mass is 14.7. The first-order valence-corrected chi connectivity index (χ1v) is 6.12. The standard InChI is InChI=1S/C12H21N/c13-11(7-6-8-4-5-8)12-9-2-1-3-10(9)12/h8-12H,1-7,13H2. The van der Waals surface area contributed by atoms with Crippen LogP contribution in [0.3, 0.4) is 0 Å². The zero-order valence-electron chi connectivity index (χ0n) is 8.41. The van der Waals surface area contributed by atoms with Crippen LogP contribution >= 0.6 is 0 Å². The molecule has 0 radical (unpaired) electrons. The van der Waals surface area contributed by atoms with E-state index in [1.165, 1.54) is 44.9 Å². The molecule has 13 heavy (non-hydrogen) atoms. The predicted molar refractivity (Wildman–Crippen MR) is 54.3 cm³/mol. The van der Waals surface area contributed by atoms with Crippen LogP contribution in [0.4, 0.5) is 0 Å². The SMILES string of the molecule is NC(CCC1CC1)C1C2CCCC21. The molecule has 3 aliphatic rings. The van der Waals surface area contributed by atoms with Crippen LogP contribution in [-0.2, 0) is 0 Å². The summed E-state index contributed by atoms with van der Waals surface area (Å²) >= 11 is 0. The topological polar surface area (TPSA) is 26.0 Å². The average molecular weight is 179 g/mol. The second kappa shape index (κ2) is 2.98. The maximum atomic E-state index is 6.25. The van der Waals surface area contributed by atoms with Gasteiger partial charge in [0.2, 0.25) is 0 Å². The Morgan fingerprint density at radius 1 is 1.08 bits per heavy atom. The summed E-state index contributed by atoms with van der Waals surface area (Å²) < 4.78 is 0. The Balaban J connectivity index is 1.44. The molecule has 3 saturated carbocycles. The van der Waals surface area contributed by atoms with Crippen LogP contribution in [0.5, 0.6) is 0 Å². The molecule has 74 valence electrons. The molecule has 3 unspecified atom stereocenters. The molecular weight excluding hydrogens is 158 g/mol. The van der Waals surface area contributed by atoms with E-state index in [1.807, 2.05) is 0 Å². The summed E-state index contributed by atoms with van der Waals surface area (Å²) in [5.41, 5.74) is 6.25. The van der Waals surface area contributed by atoms with Crippen molar-refractivity contribution in [2.24, 2.45) is 29.4 Å². The van der Waals surface area contributed by atoms with Gasteiger partial charge in [0.05, 0.1) is 0 Å². The number of hydrogen-bond donors (Lipinski definition) is 1. The van der Waals surface area contributed by atoms with E-state index in [1.54, 1.807) is 0 Å². The Labute approximate surface area is 81.1 Å². The maximum Gasteiger partial charge on any atom is 0.00727 e. The van der Waals surface area contributed by atoms with Gasteiger partial charge in [0.25, 0.3) is 0 Å². The molecule has 0 aromatic heterocycles. The molecule has 1 nitrogen and oxygen atoms in total. The second-order valence-corrected chi connectivity index (χ2v) is 5.52.